The Morgan fingerprint density at radius 2 is 1.55 bits per heavy atom. The summed E-state index contributed by atoms with van der Waals surface area (Å²) < 4.78 is 25.1. The molecule has 0 unspecified atom stereocenters. The van der Waals surface area contributed by atoms with E-state index in [1.54, 1.807) is 24.3 Å². The molecule has 0 aliphatic carbocycles. The highest BCUT2D eigenvalue weighted by Gasteiger charge is 2.36. The fourth-order valence-corrected chi connectivity index (χ4v) is 5.31. The first-order valence-corrected chi connectivity index (χ1v) is 14.4. The van der Waals surface area contributed by atoms with Crippen LogP contribution in [0.1, 0.15) is 17.5 Å². The maximum Gasteiger partial charge on any atom is 0.241 e. The van der Waals surface area contributed by atoms with Crippen molar-refractivity contribution < 1.29 is 18.7 Å². The molecule has 1 aliphatic heterocycles. The van der Waals surface area contributed by atoms with Crippen molar-refractivity contribution >= 4 is 17.3 Å². The molecule has 0 bridgehead atoms. The molecule has 218 valence electrons. The van der Waals surface area contributed by atoms with Crippen molar-refractivity contribution in [2.45, 2.75) is 25.3 Å². The Labute approximate surface area is 247 Å². The zero-order valence-corrected chi connectivity index (χ0v) is 24.2. The lowest BCUT2D eigenvalue weighted by Gasteiger charge is -2.23. The number of nitrogens with zero attached hydrogens (tertiary/aromatic N) is 2. The van der Waals surface area contributed by atoms with Crippen LogP contribution in [0.4, 0.5) is 15.8 Å². The van der Waals surface area contributed by atoms with Gasteiger partial charge < -0.3 is 19.7 Å². The number of hydrogen-bond acceptors (Lipinski definition) is 5. The molecule has 0 spiro atoms. The van der Waals surface area contributed by atoms with E-state index in [0.717, 1.165) is 25.8 Å². The summed E-state index contributed by atoms with van der Waals surface area (Å²) in [6.07, 6.45) is 2.51. The van der Waals surface area contributed by atoms with Crippen LogP contribution in [0.2, 0.25) is 0 Å². The second-order valence-corrected chi connectivity index (χ2v) is 11.0. The third-order valence-electron chi connectivity index (χ3n) is 7.58. The molecule has 0 radical (unpaired) electrons. The highest BCUT2D eigenvalue weighted by atomic mass is 19.1. The van der Waals surface area contributed by atoms with E-state index >= 15 is 0 Å². The summed E-state index contributed by atoms with van der Waals surface area (Å²) in [5.41, 5.74) is 4.37. The van der Waals surface area contributed by atoms with Crippen molar-refractivity contribution in [3.05, 3.63) is 120 Å². The van der Waals surface area contributed by atoms with Crippen LogP contribution in [0, 0.1) is 11.7 Å². The van der Waals surface area contributed by atoms with Crippen molar-refractivity contribution in [3.8, 4) is 11.5 Å². The predicted molar refractivity (Wildman–Crippen MR) is 166 cm³/mol. The van der Waals surface area contributed by atoms with Crippen LogP contribution >= 0.6 is 0 Å². The Morgan fingerprint density at radius 3 is 2.21 bits per heavy atom. The number of carbonyl (C=O) groups excluding carboxylic acids is 1. The number of ether oxygens (including phenoxy) is 2. The minimum atomic E-state index is -0.312. The third kappa shape index (κ3) is 8.18. The van der Waals surface area contributed by atoms with Gasteiger partial charge in [0.2, 0.25) is 5.91 Å². The van der Waals surface area contributed by atoms with E-state index < -0.39 is 0 Å². The predicted octanol–water partition coefficient (Wildman–Crippen LogP) is 6.77. The van der Waals surface area contributed by atoms with E-state index in [0.29, 0.717) is 36.4 Å². The number of rotatable bonds is 12. The van der Waals surface area contributed by atoms with Crippen LogP contribution in [-0.2, 0) is 22.4 Å². The van der Waals surface area contributed by atoms with Crippen LogP contribution in [-0.4, -0.2) is 50.8 Å². The number of anilines is 2. The maximum absolute atomic E-state index is 13.5. The summed E-state index contributed by atoms with van der Waals surface area (Å²) in [4.78, 5) is 17.7. The van der Waals surface area contributed by atoms with Crippen LogP contribution in [0.3, 0.4) is 0 Å². The minimum Gasteiger partial charge on any atom is -0.457 e. The van der Waals surface area contributed by atoms with Gasteiger partial charge >= 0.3 is 0 Å². The first-order chi connectivity index (χ1) is 20.4. The van der Waals surface area contributed by atoms with Crippen LogP contribution in [0.15, 0.2) is 103 Å². The van der Waals surface area contributed by atoms with Crippen LogP contribution in [0.5, 0.6) is 11.5 Å². The number of benzene rings is 4. The molecule has 1 fully saturated rings. The number of hydrogen-bond donors (Lipinski definition) is 1. The highest BCUT2D eigenvalue weighted by Crippen LogP contribution is 2.28. The number of amides is 1. The first kappa shape index (κ1) is 29.3. The molecule has 6 nitrogen and oxygen atoms in total. The SMILES string of the molecule is CN(C)c1ccc(CCOCN2C[C@H](Cc3ccccc3)C[C@H]2C(=O)Nc2ccc(Oc3ccc(F)cc3)cc2)cc1. The number of likely N-dealkylation sites (tertiary alicyclic amines) is 1. The van der Waals surface area contributed by atoms with Gasteiger partial charge in [-0.1, -0.05) is 42.5 Å². The second-order valence-electron chi connectivity index (χ2n) is 11.0. The van der Waals surface area contributed by atoms with E-state index in [2.05, 4.69) is 63.6 Å². The molecule has 1 saturated heterocycles. The van der Waals surface area contributed by atoms with Gasteiger partial charge in [-0.3, -0.25) is 9.69 Å². The topological polar surface area (TPSA) is 54.0 Å². The Balaban J connectivity index is 1.18. The van der Waals surface area contributed by atoms with Crippen LogP contribution in [0.25, 0.3) is 0 Å². The first-order valence-electron chi connectivity index (χ1n) is 14.4. The van der Waals surface area contributed by atoms with E-state index in [1.165, 1.54) is 28.9 Å². The zero-order chi connectivity index (χ0) is 29.3. The van der Waals surface area contributed by atoms with Crippen molar-refractivity contribution in [2.75, 3.05) is 44.2 Å². The molecule has 1 amide bonds. The highest BCUT2D eigenvalue weighted by molar-refractivity contribution is 5.95. The summed E-state index contributed by atoms with van der Waals surface area (Å²) in [7, 11) is 4.07. The Kier molecular flexibility index (Phi) is 9.85. The number of halogens is 1. The van der Waals surface area contributed by atoms with E-state index in [9.17, 15) is 9.18 Å². The molecule has 42 heavy (non-hydrogen) atoms. The van der Waals surface area contributed by atoms with Gasteiger partial charge in [0.25, 0.3) is 0 Å². The smallest absolute Gasteiger partial charge is 0.241 e. The van der Waals surface area contributed by atoms with Gasteiger partial charge in [-0.2, -0.15) is 0 Å². The van der Waals surface area contributed by atoms with Gasteiger partial charge in [0.05, 0.1) is 19.4 Å². The van der Waals surface area contributed by atoms with Gasteiger partial charge in [0, 0.05) is 32.0 Å². The third-order valence-corrected chi connectivity index (χ3v) is 7.58. The van der Waals surface area contributed by atoms with Crippen LogP contribution < -0.4 is 15.0 Å². The van der Waals surface area contributed by atoms with Gasteiger partial charge in [0.15, 0.2) is 0 Å². The number of nitrogens with one attached hydrogen (secondary N) is 1. The lowest BCUT2D eigenvalue weighted by Crippen LogP contribution is -2.40. The lowest BCUT2D eigenvalue weighted by atomic mass is 9.96. The lowest BCUT2D eigenvalue weighted by molar-refractivity contribution is -0.122. The van der Waals surface area contributed by atoms with E-state index in [1.807, 2.05) is 32.3 Å². The minimum absolute atomic E-state index is 0.0411. The molecule has 1 N–H and O–H groups in total. The molecule has 4 aromatic rings. The Hall–Kier alpha value is -4.20. The van der Waals surface area contributed by atoms with Gasteiger partial charge in [0.1, 0.15) is 17.3 Å². The Bertz CT molecular complexity index is 1410. The summed E-state index contributed by atoms with van der Waals surface area (Å²) >= 11 is 0. The fraction of sp³-hybridized carbons (Fsp3) is 0.286. The Morgan fingerprint density at radius 1 is 0.881 bits per heavy atom. The average molecular weight is 568 g/mol. The van der Waals surface area contributed by atoms with Gasteiger partial charge in [-0.05, 0) is 97.0 Å². The molecular weight excluding hydrogens is 529 g/mol. The monoisotopic (exact) mass is 567 g/mol. The normalized spacial score (nSPS) is 16.7. The van der Waals surface area contributed by atoms with E-state index in [4.69, 9.17) is 9.47 Å². The molecule has 0 aromatic heterocycles. The molecule has 2 atom stereocenters. The van der Waals surface area contributed by atoms with Crippen molar-refractivity contribution in [2.24, 2.45) is 5.92 Å². The largest absolute Gasteiger partial charge is 0.457 e. The fourth-order valence-electron chi connectivity index (χ4n) is 5.31. The van der Waals surface area contributed by atoms with E-state index in [-0.39, 0.29) is 17.8 Å². The molecule has 5 rings (SSSR count). The maximum atomic E-state index is 13.5. The molecule has 1 aliphatic rings. The second kappa shape index (κ2) is 14.1. The summed E-state index contributed by atoms with van der Waals surface area (Å²) in [6, 6.07) is 31.7. The standard InChI is InChI=1S/C35H38FN3O3/c1-38(2)31-14-8-26(9-15-31)20-21-41-25-39-24-28(22-27-6-4-3-5-7-27)23-34(39)35(40)37-30-12-18-33(19-13-30)42-32-16-10-29(36)11-17-32/h3-19,28,34H,20-25H2,1-2H3,(H,37,40)/t28-,34+/m1/s1. The molecule has 1 heterocycles. The summed E-state index contributed by atoms with van der Waals surface area (Å²) in [6.45, 7) is 1.80. The van der Waals surface area contributed by atoms with Crippen molar-refractivity contribution in [3.63, 3.8) is 0 Å². The molecular formula is C35H38FN3O3. The average Bonchev–Trinajstić information content (AvgIpc) is 3.40. The van der Waals surface area contributed by atoms with Gasteiger partial charge in [-0.15, -0.1) is 0 Å². The molecule has 7 heteroatoms. The van der Waals surface area contributed by atoms with Crippen molar-refractivity contribution in [1.82, 2.24) is 4.90 Å². The van der Waals surface area contributed by atoms with Gasteiger partial charge in [-0.25, -0.2) is 4.39 Å². The zero-order valence-electron chi connectivity index (χ0n) is 24.2. The summed E-state index contributed by atoms with van der Waals surface area (Å²) in [5.74, 6) is 1.16. The quantitative estimate of drug-likeness (QED) is 0.192. The molecule has 4 aromatic carbocycles. The summed E-state index contributed by atoms with van der Waals surface area (Å²) in [5, 5.41) is 3.08. The van der Waals surface area contributed by atoms with Crippen molar-refractivity contribution in [1.29, 1.82) is 0 Å². The molecule has 0 saturated carbocycles. The number of carbonyl (C=O) groups is 1.